The third kappa shape index (κ3) is 2.89. The molecule has 0 saturated carbocycles. The number of nitrogens with zero attached hydrogens (tertiary/aromatic N) is 2. The van der Waals surface area contributed by atoms with Crippen LogP contribution in [0.3, 0.4) is 0 Å². The standard InChI is InChI=1S/C16H22N2O3/c1-12-16(20)18(9-8-17-6-2-3-7-17)14-10-13(11-19)4-5-15(14)21-12/h4-5,10,12,19H,2-3,6-9,11H2,1H3. The molecule has 1 saturated heterocycles. The molecule has 2 heterocycles. The molecule has 1 N–H and O–H groups in total. The number of rotatable bonds is 4. The number of hydrogen-bond acceptors (Lipinski definition) is 4. The van der Waals surface area contributed by atoms with Crippen molar-refractivity contribution in [1.29, 1.82) is 0 Å². The van der Waals surface area contributed by atoms with Gasteiger partial charge in [0.1, 0.15) is 5.75 Å². The highest BCUT2D eigenvalue weighted by atomic mass is 16.5. The minimum absolute atomic E-state index is 0.00298. The molecule has 1 atom stereocenters. The summed E-state index contributed by atoms with van der Waals surface area (Å²) in [6.45, 7) is 5.57. The van der Waals surface area contributed by atoms with Gasteiger partial charge in [-0.05, 0) is 50.6 Å². The van der Waals surface area contributed by atoms with Crippen LogP contribution < -0.4 is 9.64 Å². The Hall–Kier alpha value is -1.59. The number of carbonyl (C=O) groups is 1. The van der Waals surface area contributed by atoms with E-state index in [2.05, 4.69) is 4.90 Å². The van der Waals surface area contributed by atoms with Crippen LogP contribution in [0.4, 0.5) is 5.69 Å². The molecule has 0 radical (unpaired) electrons. The summed E-state index contributed by atoms with van der Waals surface area (Å²) in [5.74, 6) is 0.720. The summed E-state index contributed by atoms with van der Waals surface area (Å²) in [6, 6.07) is 5.52. The molecule has 0 aromatic heterocycles. The molecule has 5 nitrogen and oxygen atoms in total. The summed E-state index contributed by atoms with van der Waals surface area (Å²) in [6.07, 6.45) is 2.05. The maximum absolute atomic E-state index is 12.4. The second kappa shape index (κ2) is 6.03. The topological polar surface area (TPSA) is 53.0 Å². The molecule has 0 bridgehead atoms. The molecule has 1 unspecified atom stereocenters. The van der Waals surface area contributed by atoms with E-state index >= 15 is 0 Å². The molecule has 0 spiro atoms. The smallest absolute Gasteiger partial charge is 0.267 e. The minimum Gasteiger partial charge on any atom is -0.479 e. The molecule has 2 aliphatic heterocycles. The zero-order valence-corrected chi connectivity index (χ0v) is 12.4. The number of fused-ring (bicyclic) bond motifs is 1. The molecule has 5 heteroatoms. The lowest BCUT2D eigenvalue weighted by Gasteiger charge is -2.34. The van der Waals surface area contributed by atoms with Crippen molar-refractivity contribution in [3.05, 3.63) is 23.8 Å². The third-order valence-corrected chi connectivity index (χ3v) is 4.25. The number of benzene rings is 1. The van der Waals surface area contributed by atoms with Crippen molar-refractivity contribution in [3.8, 4) is 5.75 Å². The predicted octanol–water partition coefficient (Wildman–Crippen LogP) is 1.39. The predicted molar refractivity (Wildman–Crippen MR) is 80.5 cm³/mol. The number of aliphatic hydroxyl groups excluding tert-OH is 1. The molecule has 0 aliphatic carbocycles. The Balaban J connectivity index is 1.81. The molecule has 114 valence electrons. The number of aliphatic hydroxyl groups is 1. The van der Waals surface area contributed by atoms with Gasteiger partial charge in [-0.15, -0.1) is 0 Å². The van der Waals surface area contributed by atoms with E-state index < -0.39 is 6.10 Å². The van der Waals surface area contributed by atoms with Crippen LogP contribution in [0.5, 0.6) is 5.75 Å². The van der Waals surface area contributed by atoms with E-state index in [9.17, 15) is 9.90 Å². The Bertz CT molecular complexity index is 526. The van der Waals surface area contributed by atoms with Crippen LogP contribution in [0.25, 0.3) is 0 Å². The Morgan fingerprint density at radius 3 is 2.76 bits per heavy atom. The third-order valence-electron chi connectivity index (χ3n) is 4.25. The first-order valence-corrected chi connectivity index (χ1v) is 7.63. The van der Waals surface area contributed by atoms with Gasteiger partial charge >= 0.3 is 0 Å². The van der Waals surface area contributed by atoms with Crippen LogP contribution in [-0.2, 0) is 11.4 Å². The van der Waals surface area contributed by atoms with Crippen LogP contribution in [-0.4, -0.2) is 48.2 Å². The number of hydrogen-bond donors (Lipinski definition) is 1. The van der Waals surface area contributed by atoms with Crippen molar-refractivity contribution in [2.45, 2.75) is 32.5 Å². The molecule has 3 rings (SSSR count). The second-order valence-electron chi connectivity index (χ2n) is 5.76. The summed E-state index contributed by atoms with van der Waals surface area (Å²) in [5.41, 5.74) is 1.58. The Labute approximate surface area is 125 Å². The Morgan fingerprint density at radius 1 is 1.29 bits per heavy atom. The molecule has 2 aliphatic rings. The molecule has 1 aromatic carbocycles. The fraction of sp³-hybridized carbons (Fsp3) is 0.562. The van der Waals surface area contributed by atoms with Gasteiger partial charge in [0, 0.05) is 13.1 Å². The van der Waals surface area contributed by atoms with Crippen LogP contribution in [0, 0.1) is 0 Å². The van der Waals surface area contributed by atoms with E-state index in [0.717, 1.165) is 36.6 Å². The summed E-state index contributed by atoms with van der Waals surface area (Å²) in [4.78, 5) is 16.6. The van der Waals surface area contributed by atoms with Crippen molar-refractivity contribution in [3.63, 3.8) is 0 Å². The van der Waals surface area contributed by atoms with Gasteiger partial charge in [-0.3, -0.25) is 4.79 Å². The van der Waals surface area contributed by atoms with Gasteiger partial charge in [0.15, 0.2) is 6.10 Å². The van der Waals surface area contributed by atoms with Crippen LogP contribution in [0.15, 0.2) is 18.2 Å². The SMILES string of the molecule is CC1Oc2ccc(CO)cc2N(CCN2CCCC2)C1=O. The quantitative estimate of drug-likeness (QED) is 0.910. The maximum Gasteiger partial charge on any atom is 0.267 e. The van der Waals surface area contributed by atoms with Gasteiger partial charge in [0.2, 0.25) is 0 Å². The van der Waals surface area contributed by atoms with E-state index in [-0.39, 0.29) is 12.5 Å². The van der Waals surface area contributed by atoms with Crippen molar-refractivity contribution >= 4 is 11.6 Å². The highest BCUT2D eigenvalue weighted by molar-refractivity contribution is 5.99. The fourth-order valence-electron chi connectivity index (χ4n) is 3.03. The summed E-state index contributed by atoms with van der Waals surface area (Å²) < 4.78 is 5.66. The lowest BCUT2D eigenvalue weighted by molar-refractivity contribution is -0.125. The molecule has 1 amide bonds. The van der Waals surface area contributed by atoms with Crippen molar-refractivity contribution in [1.82, 2.24) is 4.90 Å². The summed E-state index contributed by atoms with van der Waals surface area (Å²) in [5, 5.41) is 9.29. The van der Waals surface area contributed by atoms with Gasteiger partial charge in [0.05, 0.1) is 12.3 Å². The van der Waals surface area contributed by atoms with E-state index in [1.165, 1.54) is 12.8 Å². The minimum atomic E-state index is -0.448. The lowest BCUT2D eigenvalue weighted by atomic mass is 10.1. The Morgan fingerprint density at radius 2 is 2.05 bits per heavy atom. The first-order valence-electron chi connectivity index (χ1n) is 7.63. The molecule has 21 heavy (non-hydrogen) atoms. The number of ether oxygens (including phenoxy) is 1. The largest absolute Gasteiger partial charge is 0.479 e. The van der Waals surface area contributed by atoms with E-state index in [4.69, 9.17) is 4.74 Å². The normalized spacial score (nSPS) is 22.3. The summed E-state index contributed by atoms with van der Waals surface area (Å²) in [7, 11) is 0. The van der Waals surface area contributed by atoms with Crippen LogP contribution in [0.1, 0.15) is 25.3 Å². The van der Waals surface area contributed by atoms with Gasteiger partial charge < -0.3 is 19.6 Å². The second-order valence-corrected chi connectivity index (χ2v) is 5.76. The zero-order valence-electron chi connectivity index (χ0n) is 12.4. The molecular weight excluding hydrogens is 268 g/mol. The maximum atomic E-state index is 12.4. The number of anilines is 1. The molecule has 1 fully saturated rings. The molecular formula is C16H22N2O3. The van der Waals surface area contributed by atoms with E-state index in [1.807, 2.05) is 18.2 Å². The van der Waals surface area contributed by atoms with Crippen LogP contribution in [0.2, 0.25) is 0 Å². The average molecular weight is 290 g/mol. The molecule has 1 aromatic rings. The number of carbonyl (C=O) groups excluding carboxylic acids is 1. The van der Waals surface area contributed by atoms with Gasteiger partial charge in [0.25, 0.3) is 5.91 Å². The zero-order chi connectivity index (χ0) is 14.8. The Kier molecular flexibility index (Phi) is 4.12. The van der Waals surface area contributed by atoms with Crippen molar-refractivity contribution in [2.24, 2.45) is 0 Å². The van der Waals surface area contributed by atoms with Gasteiger partial charge in [-0.2, -0.15) is 0 Å². The highest BCUT2D eigenvalue weighted by Gasteiger charge is 2.31. The van der Waals surface area contributed by atoms with Crippen molar-refractivity contribution < 1.29 is 14.6 Å². The van der Waals surface area contributed by atoms with Gasteiger partial charge in [-0.25, -0.2) is 0 Å². The number of amides is 1. The van der Waals surface area contributed by atoms with Crippen LogP contribution >= 0.6 is 0 Å². The average Bonchev–Trinajstić information content (AvgIpc) is 3.01. The van der Waals surface area contributed by atoms with Gasteiger partial charge in [-0.1, -0.05) is 6.07 Å². The lowest BCUT2D eigenvalue weighted by Crippen LogP contribution is -2.47. The first kappa shape index (κ1) is 14.4. The monoisotopic (exact) mass is 290 g/mol. The van der Waals surface area contributed by atoms with E-state index in [0.29, 0.717) is 6.54 Å². The highest BCUT2D eigenvalue weighted by Crippen LogP contribution is 2.34. The summed E-state index contributed by atoms with van der Waals surface area (Å²) >= 11 is 0. The first-order chi connectivity index (χ1) is 10.2. The van der Waals surface area contributed by atoms with Crippen molar-refractivity contribution in [2.75, 3.05) is 31.1 Å². The number of likely N-dealkylation sites (tertiary alicyclic amines) is 1. The van der Waals surface area contributed by atoms with E-state index in [1.54, 1.807) is 11.8 Å². The fourth-order valence-corrected chi connectivity index (χ4v) is 3.03.